The number of methoxy groups -OCH3 is 1. The molecule has 29 heavy (non-hydrogen) atoms. The van der Waals surface area contributed by atoms with Gasteiger partial charge in [0.15, 0.2) is 5.96 Å². The Bertz CT molecular complexity index is 924. The van der Waals surface area contributed by atoms with E-state index >= 15 is 0 Å². The maximum atomic E-state index is 5.47. The largest absolute Gasteiger partial charge is 0.496 e. The van der Waals surface area contributed by atoms with Crippen LogP contribution in [0.1, 0.15) is 18.9 Å². The fourth-order valence-electron chi connectivity index (χ4n) is 3.25. The third kappa shape index (κ3) is 6.09. The zero-order chi connectivity index (χ0) is 19.8. The fourth-order valence-corrected chi connectivity index (χ4v) is 3.25. The van der Waals surface area contributed by atoms with Gasteiger partial charge in [-0.1, -0.05) is 30.3 Å². The predicted octanol–water partition coefficient (Wildman–Crippen LogP) is 4.15. The molecule has 7 heteroatoms. The second-order valence-electron chi connectivity index (χ2n) is 6.68. The quantitative estimate of drug-likeness (QED) is 0.216. The first-order valence-corrected chi connectivity index (χ1v) is 9.74. The number of halogens is 1. The molecule has 0 aliphatic rings. The summed E-state index contributed by atoms with van der Waals surface area (Å²) in [4.78, 5) is 11.4. The summed E-state index contributed by atoms with van der Waals surface area (Å²) >= 11 is 0. The van der Waals surface area contributed by atoms with E-state index < -0.39 is 0 Å². The fraction of sp³-hybridized carbons (Fsp3) is 0.364. The summed E-state index contributed by atoms with van der Waals surface area (Å²) in [7, 11) is 3.76. The Kier molecular flexibility index (Phi) is 9.24. The Morgan fingerprint density at radius 1 is 1.17 bits per heavy atom. The summed E-state index contributed by atoms with van der Waals surface area (Å²) in [6.45, 7) is 5.32. The molecule has 0 unspecified atom stereocenters. The smallest absolute Gasteiger partial charge is 0.193 e. The van der Waals surface area contributed by atoms with Crippen LogP contribution in [0.3, 0.4) is 0 Å². The number of imidazole rings is 1. The van der Waals surface area contributed by atoms with Gasteiger partial charge in [0.2, 0.25) is 0 Å². The summed E-state index contributed by atoms with van der Waals surface area (Å²) in [5.74, 6) is 1.81. The Balaban J connectivity index is 0.00000300. The highest BCUT2D eigenvalue weighted by molar-refractivity contribution is 14.0. The minimum Gasteiger partial charge on any atom is -0.496 e. The lowest BCUT2D eigenvalue weighted by Crippen LogP contribution is -2.38. The summed E-state index contributed by atoms with van der Waals surface area (Å²) < 4.78 is 7.66. The number of nitrogens with one attached hydrogen (secondary N) is 1. The molecule has 1 N–H and O–H groups in total. The van der Waals surface area contributed by atoms with Crippen molar-refractivity contribution in [2.45, 2.75) is 26.4 Å². The molecule has 0 saturated heterocycles. The van der Waals surface area contributed by atoms with Gasteiger partial charge in [0.25, 0.3) is 0 Å². The Morgan fingerprint density at radius 2 is 1.93 bits per heavy atom. The maximum Gasteiger partial charge on any atom is 0.193 e. The predicted molar refractivity (Wildman–Crippen MR) is 130 cm³/mol. The maximum absolute atomic E-state index is 5.47. The van der Waals surface area contributed by atoms with Crippen LogP contribution in [0.2, 0.25) is 0 Å². The van der Waals surface area contributed by atoms with E-state index in [1.54, 1.807) is 7.11 Å². The van der Waals surface area contributed by atoms with Gasteiger partial charge in [0.05, 0.1) is 24.5 Å². The van der Waals surface area contributed by atoms with Crippen LogP contribution in [0.4, 0.5) is 0 Å². The average molecular weight is 507 g/mol. The number of hydrogen-bond donors (Lipinski definition) is 1. The number of nitrogens with zero attached hydrogens (tertiary/aromatic N) is 4. The van der Waals surface area contributed by atoms with Gasteiger partial charge >= 0.3 is 0 Å². The molecule has 6 nitrogen and oxygen atoms in total. The van der Waals surface area contributed by atoms with Crippen molar-refractivity contribution in [2.24, 2.45) is 4.99 Å². The molecule has 3 rings (SSSR count). The highest BCUT2D eigenvalue weighted by atomic mass is 127. The second kappa shape index (κ2) is 11.6. The molecule has 2 aromatic carbocycles. The number of hydrogen-bond acceptors (Lipinski definition) is 3. The Morgan fingerprint density at radius 3 is 2.72 bits per heavy atom. The van der Waals surface area contributed by atoms with Gasteiger partial charge in [0.1, 0.15) is 5.75 Å². The van der Waals surface area contributed by atoms with Crippen molar-refractivity contribution >= 4 is 41.0 Å². The van der Waals surface area contributed by atoms with Crippen LogP contribution in [-0.2, 0) is 13.1 Å². The van der Waals surface area contributed by atoms with Crippen molar-refractivity contribution in [2.75, 3.05) is 27.2 Å². The third-order valence-electron chi connectivity index (χ3n) is 4.64. The lowest BCUT2D eigenvalue weighted by atomic mass is 10.2. The number of aliphatic imine (C=N–C) groups is 1. The molecule has 1 aromatic heterocycles. The van der Waals surface area contributed by atoms with Crippen molar-refractivity contribution in [1.29, 1.82) is 0 Å². The van der Waals surface area contributed by atoms with Gasteiger partial charge in [-0.15, -0.1) is 24.0 Å². The van der Waals surface area contributed by atoms with Crippen LogP contribution in [0, 0.1) is 0 Å². The van der Waals surface area contributed by atoms with Crippen molar-refractivity contribution in [1.82, 2.24) is 19.8 Å². The van der Waals surface area contributed by atoms with E-state index in [1.807, 2.05) is 36.7 Å². The van der Waals surface area contributed by atoms with Crippen LogP contribution in [0.15, 0.2) is 59.9 Å². The minimum absolute atomic E-state index is 0. The molecule has 0 fully saturated rings. The van der Waals surface area contributed by atoms with Crippen LogP contribution in [0.25, 0.3) is 11.0 Å². The third-order valence-corrected chi connectivity index (χ3v) is 4.64. The monoisotopic (exact) mass is 507 g/mol. The molecular formula is C22H30IN5O. The SMILES string of the molecule is CCNC(=NCCCn1cnc2ccccc21)N(C)Cc1ccccc1OC.I. The van der Waals surface area contributed by atoms with Crippen LogP contribution in [-0.4, -0.2) is 47.7 Å². The highest BCUT2D eigenvalue weighted by Crippen LogP contribution is 2.18. The van der Waals surface area contributed by atoms with E-state index in [0.717, 1.165) is 55.4 Å². The second-order valence-corrected chi connectivity index (χ2v) is 6.68. The van der Waals surface area contributed by atoms with Crippen molar-refractivity contribution in [3.63, 3.8) is 0 Å². The number of guanidine groups is 1. The molecule has 0 spiro atoms. The average Bonchev–Trinajstić information content (AvgIpc) is 3.14. The van der Waals surface area contributed by atoms with Crippen molar-refractivity contribution in [3.05, 3.63) is 60.4 Å². The molecule has 0 saturated carbocycles. The van der Waals surface area contributed by atoms with Crippen molar-refractivity contribution in [3.8, 4) is 5.75 Å². The lowest BCUT2D eigenvalue weighted by Gasteiger charge is -2.23. The number of rotatable bonds is 8. The normalized spacial score (nSPS) is 11.2. The first kappa shape index (κ1) is 23.0. The number of benzene rings is 2. The number of aromatic nitrogens is 2. The molecule has 0 bridgehead atoms. The van der Waals surface area contributed by atoms with Crippen LogP contribution in [0.5, 0.6) is 5.75 Å². The minimum atomic E-state index is 0. The van der Waals surface area contributed by atoms with E-state index in [9.17, 15) is 0 Å². The summed E-state index contributed by atoms with van der Waals surface area (Å²) in [5.41, 5.74) is 3.35. The lowest BCUT2D eigenvalue weighted by molar-refractivity contribution is 0.396. The van der Waals surface area contributed by atoms with E-state index in [4.69, 9.17) is 9.73 Å². The molecular weight excluding hydrogens is 477 g/mol. The van der Waals surface area contributed by atoms with E-state index in [1.165, 1.54) is 5.52 Å². The number of para-hydroxylation sites is 3. The standard InChI is InChI=1S/C22H29N5O.HI/c1-4-23-22(26(2)16-18-10-5-8-13-21(18)28-3)24-14-9-15-27-17-25-19-11-6-7-12-20(19)27;/h5-8,10-13,17H,4,9,14-16H2,1-3H3,(H,23,24);1H. The van der Waals surface area contributed by atoms with Gasteiger partial charge in [-0.2, -0.15) is 0 Å². The van der Waals surface area contributed by atoms with Gasteiger partial charge in [0, 0.05) is 38.8 Å². The molecule has 0 aliphatic heterocycles. The van der Waals surface area contributed by atoms with Gasteiger partial charge in [-0.3, -0.25) is 4.99 Å². The topological polar surface area (TPSA) is 54.7 Å². The first-order chi connectivity index (χ1) is 13.7. The van der Waals surface area contributed by atoms with Gasteiger partial charge in [-0.05, 0) is 31.5 Å². The zero-order valence-electron chi connectivity index (χ0n) is 17.3. The van der Waals surface area contributed by atoms with E-state index in [0.29, 0.717) is 0 Å². The Hall–Kier alpha value is -2.29. The molecule has 1 heterocycles. The number of fused-ring (bicyclic) bond motifs is 1. The highest BCUT2D eigenvalue weighted by Gasteiger charge is 2.09. The molecule has 156 valence electrons. The Labute approximate surface area is 190 Å². The zero-order valence-corrected chi connectivity index (χ0v) is 19.7. The summed E-state index contributed by atoms with van der Waals surface area (Å²) in [6.07, 6.45) is 2.87. The van der Waals surface area contributed by atoms with Gasteiger partial charge in [-0.25, -0.2) is 4.98 Å². The molecule has 0 atom stereocenters. The molecule has 0 aliphatic carbocycles. The van der Waals surface area contributed by atoms with E-state index in [-0.39, 0.29) is 24.0 Å². The number of aryl methyl sites for hydroxylation is 1. The first-order valence-electron chi connectivity index (χ1n) is 9.74. The van der Waals surface area contributed by atoms with E-state index in [2.05, 4.69) is 51.9 Å². The van der Waals surface area contributed by atoms with Crippen LogP contribution >= 0.6 is 24.0 Å². The summed E-state index contributed by atoms with van der Waals surface area (Å²) in [5, 5.41) is 3.38. The number of ether oxygens (including phenoxy) is 1. The molecule has 0 radical (unpaired) electrons. The molecule has 3 aromatic rings. The van der Waals surface area contributed by atoms with Crippen LogP contribution < -0.4 is 10.1 Å². The summed E-state index contributed by atoms with van der Waals surface area (Å²) in [6, 6.07) is 16.3. The molecule has 0 amide bonds. The van der Waals surface area contributed by atoms with Crippen molar-refractivity contribution < 1.29 is 4.74 Å². The van der Waals surface area contributed by atoms with Gasteiger partial charge < -0.3 is 19.5 Å².